The number of hydrogen-bond donors (Lipinski definition) is 2. The smallest absolute Gasteiger partial charge is 0.321 e. The van der Waals surface area contributed by atoms with Crippen molar-refractivity contribution in [3.63, 3.8) is 0 Å². The average molecular weight is 382 g/mol. The van der Waals surface area contributed by atoms with Crippen LogP contribution in [0.25, 0.3) is 0 Å². The molecule has 3 aliphatic heterocycles. The molecule has 4 aliphatic rings. The number of anilines is 1. The normalized spacial score (nSPS) is 30.8. The predicted octanol–water partition coefficient (Wildman–Crippen LogP) is 1.18. The Balaban J connectivity index is 1.27. The van der Waals surface area contributed by atoms with Gasteiger partial charge in [0.1, 0.15) is 6.04 Å². The van der Waals surface area contributed by atoms with Crippen molar-refractivity contribution in [2.75, 3.05) is 18.4 Å². The summed E-state index contributed by atoms with van der Waals surface area (Å²) >= 11 is 0. The second kappa shape index (κ2) is 6.05. The van der Waals surface area contributed by atoms with Crippen LogP contribution in [0.5, 0.6) is 0 Å². The van der Waals surface area contributed by atoms with Crippen LogP contribution in [0.1, 0.15) is 35.7 Å². The van der Waals surface area contributed by atoms with E-state index in [2.05, 4.69) is 17.6 Å². The molecule has 0 aromatic heterocycles. The van der Waals surface area contributed by atoms with Gasteiger partial charge in [-0.3, -0.25) is 19.7 Å². The minimum Gasteiger partial charge on any atom is -0.324 e. The van der Waals surface area contributed by atoms with Gasteiger partial charge >= 0.3 is 6.03 Å². The summed E-state index contributed by atoms with van der Waals surface area (Å²) in [4.78, 5) is 52.0. The fourth-order valence-electron chi connectivity index (χ4n) is 4.84. The van der Waals surface area contributed by atoms with Gasteiger partial charge in [0.25, 0.3) is 5.91 Å². The van der Waals surface area contributed by atoms with Crippen molar-refractivity contribution in [2.45, 2.75) is 32.4 Å². The van der Waals surface area contributed by atoms with Gasteiger partial charge in [0, 0.05) is 37.3 Å². The lowest BCUT2D eigenvalue weighted by molar-refractivity contribution is -0.136. The highest BCUT2D eigenvalue weighted by molar-refractivity contribution is 6.05. The summed E-state index contributed by atoms with van der Waals surface area (Å²) in [5.41, 5.74) is 1.97. The molecule has 0 radical (unpaired) electrons. The van der Waals surface area contributed by atoms with Crippen LogP contribution in [0.2, 0.25) is 0 Å². The highest BCUT2D eigenvalue weighted by Crippen LogP contribution is 2.51. The van der Waals surface area contributed by atoms with Gasteiger partial charge < -0.3 is 15.1 Å². The summed E-state index contributed by atoms with van der Waals surface area (Å²) in [6.07, 6.45) is 0.567. The van der Waals surface area contributed by atoms with Gasteiger partial charge in [0.05, 0.1) is 0 Å². The first-order chi connectivity index (χ1) is 13.4. The highest BCUT2D eigenvalue weighted by Gasteiger charge is 2.53. The lowest BCUT2D eigenvalue weighted by Gasteiger charge is -2.29. The van der Waals surface area contributed by atoms with E-state index in [0.29, 0.717) is 36.1 Å². The Morgan fingerprint density at radius 2 is 1.93 bits per heavy atom. The summed E-state index contributed by atoms with van der Waals surface area (Å²) in [6.45, 7) is 4.15. The van der Waals surface area contributed by atoms with E-state index in [1.165, 1.54) is 4.90 Å². The van der Waals surface area contributed by atoms with E-state index in [-0.39, 0.29) is 24.3 Å². The molecule has 0 bridgehead atoms. The molecular formula is C20H22N4O4. The van der Waals surface area contributed by atoms with Gasteiger partial charge in [-0.1, -0.05) is 6.92 Å². The number of urea groups is 1. The molecule has 1 aliphatic carbocycles. The first kappa shape index (κ1) is 17.2. The van der Waals surface area contributed by atoms with Gasteiger partial charge in [-0.25, -0.2) is 4.79 Å². The van der Waals surface area contributed by atoms with Crippen LogP contribution in [0, 0.1) is 17.8 Å². The molecule has 2 saturated heterocycles. The zero-order valence-electron chi connectivity index (χ0n) is 15.6. The second-order valence-corrected chi connectivity index (χ2v) is 8.29. The summed E-state index contributed by atoms with van der Waals surface area (Å²) in [5, 5.41) is 5.22. The van der Waals surface area contributed by atoms with Crippen molar-refractivity contribution in [2.24, 2.45) is 17.8 Å². The number of hydrogen-bond acceptors (Lipinski definition) is 4. The van der Waals surface area contributed by atoms with Crippen molar-refractivity contribution in [1.29, 1.82) is 0 Å². The van der Waals surface area contributed by atoms with E-state index in [1.54, 1.807) is 18.2 Å². The lowest BCUT2D eigenvalue weighted by Crippen LogP contribution is -2.52. The van der Waals surface area contributed by atoms with Crippen molar-refractivity contribution in [3.05, 3.63) is 29.3 Å². The summed E-state index contributed by atoms with van der Waals surface area (Å²) in [7, 11) is 0. The first-order valence-corrected chi connectivity index (χ1v) is 9.76. The van der Waals surface area contributed by atoms with Gasteiger partial charge in [0.2, 0.25) is 11.8 Å². The van der Waals surface area contributed by atoms with Crippen molar-refractivity contribution in [1.82, 2.24) is 15.1 Å². The number of amides is 5. The Morgan fingerprint density at radius 3 is 2.64 bits per heavy atom. The number of fused-ring (bicyclic) bond motifs is 2. The molecule has 5 rings (SSSR count). The molecule has 2 N–H and O–H groups in total. The maximum atomic E-state index is 12.7. The molecule has 3 fully saturated rings. The highest BCUT2D eigenvalue weighted by atomic mass is 16.2. The summed E-state index contributed by atoms with van der Waals surface area (Å²) < 4.78 is 0. The van der Waals surface area contributed by atoms with Gasteiger partial charge in [0.15, 0.2) is 0 Å². The van der Waals surface area contributed by atoms with Crippen molar-refractivity contribution < 1.29 is 19.2 Å². The predicted molar refractivity (Wildman–Crippen MR) is 99.2 cm³/mol. The van der Waals surface area contributed by atoms with E-state index in [0.717, 1.165) is 24.6 Å². The zero-order valence-corrected chi connectivity index (χ0v) is 15.6. The van der Waals surface area contributed by atoms with E-state index in [9.17, 15) is 19.2 Å². The minimum absolute atomic E-state index is 0.106. The van der Waals surface area contributed by atoms with Crippen LogP contribution in [0.15, 0.2) is 18.2 Å². The number of benzene rings is 1. The molecule has 28 heavy (non-hydrogen) atoms. The van der Waals surface area contributed by atoms with Crippen molar-refractivity contribution in [3.8, 4) is 0 Å². The molecular weight excluding hydrogens is 360 g/mol. The second-order valence-electron chi connectivity index (χ2n) is 8.29. The van der Waals surface area contributed by atoms with Crippen LogP contribution >= 0.6 is 0 Å². The number of rotatable bonds is 2. The van der Waals surface area contributed by atoms with E-state index in [4.69, 9.17) is 0 Å². The Bertz CT molecular complexity index is 901. The summed E-state index contributed by atoms with van der Waals surface area (Å²) in [6, 6.07) is 4.49. The molecule has 4 atom stereocenters. The van der Waals surface area contributed by atoms with E-state index >= 15 is 0 Å². The van der Waals surface area contributed by atoms with Crippen LogP contribution in [-0.4, -0.2) is 52.7 Å². The maximum Gasteiger partial charge on any atom is 0.321 e. The number of nitrogens with one attached hydrogen (secondary N) is 2. The maximum absolute atomic E-state index is 12.7. The monoisotopic (exact) mass is 382 g/mol. The number of carbonyl (C=O) groups is 4. The third-order valence-electron chi connectivity index (χ3n) is 6.68. The molecule has 1 aromatic carbocycles. The quantitative estimate of drug-likeness (QED) is 0.751. The van der Waals surface area contributed by atoms with Crippen LogP contribution in [-0.2, 0) is 16.1 Å². The molecule has 146 valence electrons. The molecule has 8 heteroatoms. The lowest BCUT2D eigenvalue weighted by atomic mass is 10.0. The molecule has 8 nitrogen and oxygen atoms in total. The van der Waals surface area contributed by atoms with Gasteiger partial charge in [-0.15, -0.1) is 0 Å². The van der Waals surface area contributed by atoms with Gasteiger partial charge in [-0.2, -0.15) is 0 Å². The van der Waals surface area contributed by atoms with Gasteiger partial charge in [-0.05, 0) is 47.9 Å². The van der Waals surface area contributed by atoms with E-state index in [1.807, 2.05) is 4.90 Å². The molecule has 0 spiro atoms. The van der Waals surface area contributed by atoms with Crippen LogP contribution < -0.4 is 10.6 Å². The zero-order chi connectivity index (χ0) is 19.6. The van der Waals surface area contributed by atoms with Crippen LogP contribution in [0.4, 0.5) is 10.5 Å². The fourth-order valence-corrected chi connectivity index (χ4v) is 4.84. The minimum atomic E-state index is -0.631. The number of likely N-dealkylation sites (tertiary alicyclic amines) is 1. The number of carbonyl (C=O) groups excluding carboxylic acids is 4. The Kier molecular flexibility index (Phi) is 3.72. The Labute approximate surface area is 162 Å². The topological polar surface area (TPSA) is 98.8 Å². The Morgan fingerprint density at radius 1 is 1.18 bits per heavy atom. The average Bonchev–Trinajstić information content (AvgIpc) is 3.00. The largest absolute Gasteiger partial charge is 0.324 e. The molecule has 1 aromatic rings. The van der Waals surface area contributed by atoms with Crippen LogP contribution in [0.3, 0.4) is 0 Å². The Hall–Kier alpha value is -2.90. The molecule has 3 heterocycles. The standard InChI is InChI=1S/C20H22N4O4/c1-10-14-8-23(9-15(10)14)20(28)21-12-2-3-13-11(6-12)7-24(19(13)27)16-4-5-17(25)22-18(16)26/h2-3,6,10,14-16H,4-5,7-9H2,1H3,(H,21,28)(H,22,25,26)/t10?,14-,15+,16?. The first-order valence-electron chi connectivity index (χ1n) is 9.76. The molecule has 2 unspecified atom stereocenters. The number of piperidine rings is 2. The third kappa shape index (κ3) is 2.66. The SMILES string of the molecule is CC1[C@H]2CN(C(=O)Nc3ccc4c(c3)CN(C3CCC(=O)NC3=O)C4=O)C[C@@H]12. The number of nitrogens with zero attached hydrogens (tertiary/aromatic N) is 2. The third-order valence-corrected chi connectivity index (χ3v) is 6.68. The molecule has 5 amide bonds. The molecule has 1 saturated carbocycles. The summed E-state index contributed by atoms with van der Waals surface area (Å²) in [5.74, 6) is 1.08. The van der Waals surface area contributed by atoms with E-state index < -0.39 is 11.9 Å². The van der Waals surface area contributed by atoms with Crippen molar-refractivity contribution >= 4 is 29.4 Å². The fraction of sp³-hybridized carbons (Fsp3) is 0.500. The number of imide groups is 1.